The second-order valence-corrected chi connectivity index (χ2v) is 5.52. The van der Waals surface area contributed by atoms with Crippen molar-refractivity contribution < 1.29 is 9.53 Å². The number of esters is 1. The summed E-state index contributed by atoms with van der Waals surface area (Å²) in [5.41, 5.74) is 4.97. The predicted molar refractivity (Wildman–Crippen MR) is 94.0 cm³/mol. The number of para-hydroxylation sites is 1. The molecule has 0 fully saturated rings. The number of hydrogen-bond donors (Lipinski definition) is 0. The lowest BCUT2D eigenvalue weighted by Crippen LogP contribution is -2.01. The van der Waals surface area contributed by atoms with Crippen LogP contribution in [0.15, 0.2) is 60.2 Å². The second-order valence-electron chi connectivity index (χ2n) is 5.52. The topological polar surface area (TPSA) is 31.2 Å². The molecule has 3 aromatic rings. The van der Waals surface area contributed by atoms with Crippen molar-refractivity contribution in [1.29, 1.82) is 0 Å². The van der Waals surface area contributed by atoms with Gasteiger partial charge in [-0.2, -0.15) is 0 Å². The van der Waals surface area contributed by atoms with Gasteiger partial charge < -0.3 is 9.30 Å². The Kier molecular flexibility index (Phi) is 4.02. The molecule has 0 saturated carbocycles. The number of aryl methyl sites for hydroxylation is 1. The van der Waals surface area contributed by atoms with Crippen molar-refractivity contribution in [2.75, 3.05) is 7.11 Å². The van der Waals surface area contributed by atoms with Crippen LogP contribution in [0.25, 0.3) is 28.2 Å². The average Bonchev–Trinajstić information content (AvgIpc) is 2.87. The molecule has 0 bridgehead atoms. The number of ether oxygens (including phenoxy) is 1. The number of hydrogen-bond acceptors (Lipinski definition) is 2. The van der Waals surface area contributed by atoms with Gasteiger partial charge in [-0.25, -0.2) is 4.79 Å². The lowest BCUT2D eigenvalue weighted by atomic mass is 10.0. The van der Waals surface area contributed by atoms with E-state index in [1.165, 1.54) is 7.11 Å². The number of fused-ring (bicyclic) bond motifs is 1. The number of aromatic nitrogens is 1. The van der Waals surface area contributed by atoms with Crippen molar-refractivity contribution >= 4 is 22.9 Å². The Morgan fingerprint density at radius 1 is 1.04 bits per heavy atom. The smallest absolute Gasteiger partial charge is 0.333 e. The highest BCUT2D eigenvalue weighted by atomic mass is 16.5. The minimum atomic E-state index is -0.308. The monoisotopic (exact) mass is 305 g/mol. The predicted octanol–water partition coefficient (Wildman–Crippen LogP) is 4.42. The fourth-order valence-electron chi connectivity index (χ4n) is 2.95. The van der Waals surface area contributed by atoms with Gasteiger partial charge in [0.2, 0.25) is 0 Å². The van der Waals surface area contributed by atoms with E-state index < -0.39 is 0 Å². The summed E-state index contributed by atoms with van der Waals surface area (Å²) in [6.45, 7) is 1.78. The molecule has 0 radical (unpaired) electrons. The van der Waals surface area contributed by atoms with Crippen LogP contribution >= 0.6 is 0 Å². The Morgan fingerprint density at radius 2 is 1.70 bits per heavy atom. The van der Waals surface area contributed by atoms with Crippen molar-refractivity contribution in [1.82, 2.24) is 4.57 Å². The molecule has 1 aromatic heterocycles. The second kappa shape index (κ2) is 6.13. The summed E-state index contributed by atoms with van der Waals surface area (Å²) in [6, 6.07) is 18.4. The van der Waals surface area contributed by atoms with Gasteiger partial charge in [-0.1, -0.05) is 48.5 Å². The zero-order valence-corrected chi connectivity index (χ0v) is 13.5. The minimum absolute atomic E-state index is 0.308. The first kappa shape index (κ1) is 15.1. The van der Waals surface area contributed by atoms with Crippen molar-refractivity contribution in [2.45, 2.75) is 6.92 Å². The molecular weight excluding hydrogens is 286 g/mol. The van der Waals surface area contributed by atoms with Crippen molar-refractivity contribution in [2.24, 2.45) is 7.05 Å². The largest absolute Gasteiger partial charge is 0.466 e. The Morgan fingerprint density at radius 3 is 2.39 bits per heavy atom. The van der Waals surface area contributed by atoms with Crippen molar-refractivity contribution in [3.8, 4) is 11.3 Å². The molecule has 0 amide bonds. The minimum Gasteiger partial charge on any atom is -0.466 e. The van der Waals surface area contributed by atoms with Crippen LogP contribution in [0.3, 0.4) is 0 Å². The third-order valence-corrected chi connectivity index (χ3v) is 4.06. The van der Waals surface area contributed by atoms with Gasteiger partial charge >= 0.3 is 5.97 Å². The van der Waals surface area contributed by atoms with E-state index in [1.54, 1.807) is 6.92 Å². The maximum absolute atomic E-state index is 11.8. The molecule has 23 heavy (non-hydrogen) atoms. The molecule has 0 atom stereocenters. The van der Waals surface area contributed by atoms with E-state index in [9.17, 15) is 4.79 Å². The van der Waals surface area contributed by atoms with Crippen LogP contribution in [0.1, 0.15) is 12.5 Å². The summed E-state index contributed by atoms with van der Waals surface area (Å²) < 4.78 is 7.00. The first-order chi connectivity index (χ1) is 11.1. The first-order valence-corrected chi connectivity index (χ1v) is 7.53. The van der Waals surface area contributed by atoms with Crippen LogP contribution in [-0.2, 0) is 16.6 Å². The summed E-state index contributed by atoms with van der Waals surface area (Å²) in [5, 5.41) is 1.12. The van der Waals surface area contributed by atoms with E-state index in [2.05, 4.69) is 35.9 Å². The molecule has 0 saturated heterocycles. The maximum atomic E-state index is 11.8. The molecular formula is C20H19NO2. The van der Waals surface area contributed by atoms with Crippen LogP contribution < -0.4 is 0 Å². The average molecular weight is 305 g/mol. The van der Waals surface area contributed by atoms with Crippen LogP contribution in [0.5, 0.6) is 0 Å². The zero-order chi connectivity index (χ0) is 16.4. The fraction of sp³-hybridized carbons (Fsp3) is 0.150. The standard InChI is InChI=1S/C20H19NO2/c1-14(20(22)23-3)13-17-16-11-7-8-12-18(16)21(2)19(17)15-9-5-4-6-10-15/h4-13H,1-3H3. The van der Waals surface area contributed by atoms with Gasteiger partial charge in [0.05, 0.1) is 12.8 Å². The summed E-state index contributed by atoms with van der Waals surface area (Å²) >= 11 is 0. The third-order valence-electron chi connectivity index (χ3n) is 4.06. The van der Waals surface area contributed by atoms with E-state index in [0.29, 0.717) is 5.57 Å². The van der Waals surface area contributed by atoms with Crippen LogP contribution in [0.4, 0.5) is 0 Å². The van der Waals surface area contributed by atoms with E-state index in [4.69, 9.17) is 4.74 Å². The number of methoxy groups -OCH3 is 1. The lowest BCUT2D eigenvalue weighted by molar-refractivity contribution is -0.135. The van der Waals surface area contributed by atoms with Crippen molar-refractivity contribution in [3.05, 3.63) is 65.7 Å². The molecule has 3 heteroatoms. The molecule has 0 aliphatic carbocycles. The molecule has 2 aromatic carbocycles. The fourth-order valence-corrected chi connectivity index (χ4v) is 2.95. The first-order valence-electron chi connectivity index (χ1n) is 7.53. The van der Waals surface area contributed by atoms with Crippen LogP contribution in [-0.4, -0.2) is 17.6 Å². The van der Waals surface area contributed by atoms with Crippen LogP contribution in [0, 0.1) is 0 Å². The van der Waals surface area contributed by atoms with Gasteiger partial charge in [0.15, 0.2) is 0 Å². The lowest BCUT2D eigenvalue weighted by Gasteiger charge is -2.07. The van der Waals surface area contributed by atoms with Crippen LogP contribution in [0.2, 0.25) is 0 Å². The number of nitrogens with zero attached hydrogens (tertiary/aromatic N) is 1. The summed E-state index contributed by atoms with van der Waals surface area (Å²) in [7, 11) is 3.45. The number of rotatable bonds is 3. The molecule has 3 nitrogen and oxygen atoms in total. The highest BCUT2D eigenvalue weighted by Crippen LogP contribution is 2.34. The molecule has 0 unspecified atom stereocenters. The molecule has 116 valence electrons. The highest BCUT2D eigenvalue weighted by molar-refractivity contribution is 6.02. The highest BCUT2D eigenvalue weighted by Gasteiger charge is 2.16. The number of benzene rings is 2. The number of carbonyl (C=O) groups excluding carboxylic acids is 1. The molecule has 0 aliphatic heterocycles. The molecule has 0 N–H and O–H groups in total. The van der Waals surface area contributed by atoms with E-state index in [1.807, 2.05) is 36.4 Å². The van der Waals surface area contributed by atoms with Crippen molar-refractivity contribution in [3.63, 3.8) is 0 Å². The molecule has 0 spiro atoms. The molecule has 1 heterocycles. The summed E-state index contributed by atoms with van der Waals surface area (Å²) in [6.07, 6.45) is 1.91. The molecule has 3 rings (SSSR count). The van der Waals surface area contributed by atoms with E-state index in [-0.39, 0.29) is 5.97 Å². The van der Waals surface area contributed by atoms with Gasteiger partial charge in [0, 0.05) is 29.1 Å². The normalized spacial score (nSPS) is 11.7. The van der Waals surface area contributed by atoms with E-state index in [0.717, 1.165) is 27.7 Å². The van der Waals surface area contributed by atoms with Gasteiger partial charge in [0.25, 0.3) is 0 Å². The Balaban J connectivity index is 2.33. The van der Waals surface area contributed by atoms with Gasteiger partial charge in [0.1, 0.15) is 0 Å². The number of carbonyl (C=O) groups is 1. The summed E-state index contributed by atoms with van der Waals surface area (Å²) in [5.74, 6) is -0.308. The van der Waals surface area contributed by atoms with Gasteiger partial charge in [-0.05, 0) is 24.6 Å². The summed E-state index contributed by atoms with van der Waals surface area (Å²) in [4.78, 5) is 11.8. The quantitative estimate of drug-likeness (QED) is 0.530. The van der Waals surface area contributed by atoms with E-state index >= 15 is 0 Å². The Hall–Kier alpha value is -2.81. The Bertz CT molecular complexity index is 889. The maximum Gasteiger partial charge on any atom is 0.333 e. The van der Waals surface area contributed by atoms with Gasteiger partial charge in [-0.15, -0.1) is 0 Å². The molecule has 0 aliphatic rings. The SMILES string of the molecule is COC(=O)C(C)=Cc1c(-c2ccccc2)n(C)c2ccccc12. The third kappa shape index (κ3) is 2.66. The zero-order valence-electron chi connectivity index (χ0n) is 13.5. The Labute approximate surface area is 135 Å². The van der Waals surface area contributed by atoms with Gasteiger partial charge in [-0.3, -0.25) is 0 Å².